The van der Waals surface area contributed by atoms with Crippen molar-refractivity contribution in [2.24, 2.45) is 0 Å². The minimum Gasteiger partial charge on any atom is -0.494 e. The highest BCUT2D eigenvalue weighted by Crippen LogP contribution is 2.23. The van der Waals surface area contributed by atoms with Crippen molar-refractivity contribution in [3.8, 4) is 17.4 Å². The van der Waals surface area contributed by atoms with E-state index in [1.807, 2.05) is 43.3 Å². The van der Waals surface area contributed by atoms with Crippen LogP contribution < -0.4 is 20.1 Å². The number of rotatable bonds is 7. The van der Waals surface area contributed by atoms with E-state index in [9.17, 15) is 4.79 Å². The summed E-state index contributed by atoms with van der Waals surface area (Å²) in [5.41, 5.74) is 0.908. The van der Waals surface area contributed by atoms with Gasteiger partial charge in [-0.1, -0.05) is 0 Å². The van der Waals surface area contributed by atoms with Crippen LogP contribution in [0, 0.1) is 0 Å². The highest BCUT2D eigenvalue weighted by atomic mass is 35.5. The molecule has 2 aromatic rings. The van der Waals surface area contributed by atoms with Crippen LogP contribution in [0.3, 0.4) is 0 Å². The van der Waals surface area contributed by atoms with E-state index in [1.165, 1.54) is 0 Å². The molecule has 1 atom stereocenters. The van der Waals surface area contributed by atoms with E-state index in [1.54, 1.807) is 6.20 Å². The SMILES string of the molecule is CCOc1ccc(Oc2cc(CNC(=O)C3COCCN3)ccn2)cc1.Cl.Cl. The number of ether oxygens (including phenoxy) is 3. The maximum atomic E-state index is 12.1. The van der Waals surface area contributed by atoms with Gasteiger partial charge in [0.1, 0.15) is 17.5 Å². The van der Waals surface area contributed by atoms with E-state index in [0.29, 0.717) is 44.5 Å². The Hall–Kier alpha value is -2.06. The highest BCUT2D eigenvalue weighted by molar-refractivity contribution is 5.85. The van der Waals surface area contributed by atoms with Gasteiger partial charge in [0.2, 0.25) is 11.8 Å². The summed E-state index contributed by atoms with van der Waals surface area (Å²) in [6, 6.07) is 10.7. The van der Waals surface area contributed by atoms with Crippen molar-refractivity contribution in [3.63, 3.8) is 0 Å². The molecule has 1 aromatic heterocycles. The van der Waals surface area contributed by atoms with Gasteiger partial charge in [0.15, 0.2) is 0 Å². The van der Waals surface area contributed by atoms with E-state index >= 15 is 0 Å². The lowest BCUT2D eigenvalue weighted by molar-refractivity contribution is -0.126. The smallest absolute Gasteiger partial charge is 0.239 e. The quantitative estimate of drug-likeness (QED) is 0.703. The summed E-state index contributed by atoms with van der Waals surface area (Å²) in [6.45, 7) is 4.69. The molecule has 1 fully saturated rings. The summed E-state index contributed by atoms with van der Waals surface area (Å²) in [6.07, 6.45) is 1.66. The molecule has 1 aliphatic heterocycles. The first-order valence-electron chi connectivity index (χ1n) is 8.69. The molecule has 7 nitrogen and oxygen atoms in total. The average molecular weight is 430 g/mol. The Labute approximate surface area is 177 Å². The van der Waals surface area contributed by atoms with Crippen LogP contribution in [-0.2, 0) is 16.1 Å². The topological polar surface area (TPSA) is 81.7 Å². The van der Waals surface area contributed by atoms with Gasteiger partial charge >= 0.3 is 0 Å². The predicted octanol–water partition coefficient (Wildman–Crippen LogP) is 2.72. The number of pyridine rings is 1. The Morgan fingerprint density at radius 1 is 1.25 bits per heavy atom. The molecule has 0 radical (unpaired) electrons. The zero-order chi connectivity index (χ0) is 18.2. The van der Waals surface area contributed by atoms with Gasteiger partial charge in [-0.3, -0.25) is 4.79 Å². The lowest BCUT2D eigenvalue weighted by Gasteiger charge is -2.22. The zero-order valence-electron chi connectivity index (χ0n) is 15.6. The number of hydrogen-bond donors (Lipinski definition) is 2. The van der Waals surface area contributed by atoms with Crippen molar-refractivity contribution in [3.05, 3.63) is 48.2 Å². The molecule has 0 saturated carbocycles. The molecule has 1 saturated heterocycles. The molecule has 1 unspecified atom stereocenters. The van der Waals surface area contributed by atoms with Crippen LogP contribution in [0.4, 0.5) is 0 Å². The van der Waals surface area contributed by atoms with Gasteiger partial charge < -0.3 is 24.8 Å². The lowest BCUT2D eigenvalue weighted by atomic mass is 10.2. The molecule has 28 heavy (non-hydrogen) atoms. The second-order valence-corrected chi connectivity index (χ2v) is 5.81. The first-order chi connectivity index (χ1) is 12.7. The van der Waals surface area contributed by atoms with Crippen LogP contribution in [0.15, 0.2) is 42.6 Å². The second-order valence-electron chi connectivity index (χ2n) is 5.81. The zero-order valence-corrected chi connectivity index (χ0v) is 17.2. The van der Waals surface area contributed by atoms with Crippen molar-refractivity contribution in [1.29, 1.82) is 0 Å². The Morgan fingerprint density at radius 2 is 2.00 bits per heavy atom. The van der Waals surface area contributed by atoms with E-state index in [2.05, 4.69) is 15.6 Å². The average Bonchev–Trinajstić information content (AvgIpc) is 2.69. The maximum absolute atomic E-state index is 12.1. The van der Waals surface area contributed by atoms with Crippen LogP contribution in [0.5, 0.6) is 17.4 Å². The van der Waals surface area contributed by atoms with Crippen LogP contribution in [0.2, 0.25) is 0 Å². The molecule has 9 heteroatoms. The third kappa shape index (κ3) is 7.16. The number of halogens is 2. The van der Waals surface area contributed by atoms with Crippen LogP contribution in [-0.4, -0.2) is 43.3 Å². The van der Waals surface area contributed by atoms with E-state index in [0.717, 1.165) is 11.3 Å². The number of morpholine rings is 1. The molecule has 2 N–H and O–H groups in total. The Balaban J connectivity index is 0.00000196. The molecule has 2 heterocycles. The third-order valence-corrected chi connectivity index (χ3v) is 3.86. The van der Waals surface area contributed by atoms with Gasteiger partial charge in [0, 0.05) is 25.4 Å². The van der Waals surface area contributed by atoms with E-state index in [4.69, 9.17) is 14.2 Å². The maximum Gasteiger partial charge on any atom is 0.239 e. The fraction of sp³-hybridized carbons (Fsp3) is 0.368. The summed E-state index contributed by atoms with van der Waals surface area (Å²) >= 11 is 0. The summed E-state index contributed by atoms with van der Waals surface area (Å²) in [4.78, 5) is 16.3. The molecule has 0 spiro atoms. The normalized spacial score (nSPS) is 15.5. The first kappa shape index (κ1) is 24.0. The number of carbonyl (C=O) groups is 1. The predicted molar refractivity (Wildman–Crippen MR) is 111 cm³/mol. The molecule has 0 bridgehead atoms. The van der Waals surface area contributed by atoms with Crippen molar-refractivity contribution in [2.75, 3.05) is 26.4 Å². The number of amides is 1. The Morgan fingerprint density at radius 3 is 2.68 bits per heavy atom. The second kappa shape index (κ2) is 12.4. The largest absolute Gasteiger partial charge is 0.494 e. The molecule has 3 rings (SSSR count). The molecule has 1 aliphatic rings. The van der Waals surface area contributed by atoms with Crippen molar-refractivity contribution in [2.45, 2.75) is 19.5 Å². The summed E-state index contributed by atoms with van der Waals surface area (Å²) < 4.78 is 16.5. The molecular weight excluding hydrogens is 405 g/mol. The van der Waals surface area contributed by atoms with Crippen LogP contribution in [0.25, 0.3) is 0 Å². The summed E-state index contributed by atoms with van der Waals surface area (Å²) in [5.74, 6) is 1.87. The number of nitrogens with zero attached hydrogens (tertiary/aromatic N) is 1. The van der Waals surface area contributed by atoms with Gasteiger partial charge in [0.05, 0.1) is 19.8 Å². The monoisotopic (exact) mass is 429 g/mol. The first-order valence-corrected chi connectivity index (χ1v) is 8.69. The fourth-order valence-corrected chi connectivity index (χ4v) is 2.55. The molecule has 154 valence electrons. The molecule has 1 aromatic carbocycles. The third-order valence-electron chi connectivity index (χ3n) is 3.86. The van der Waals surface area contributed by atoms with Crippen molar-refractivity contribution in [1.82, 2.24) is 15.6 Å². The van der Waals surface area contributed by atoms with E-state index in [-0.39, 0.29) is 36.8 Å². The standard InChI is InChI=1S/C19H23N3O4.2ClH/c1-2-25-15-3-5-16(6-4-15)26-18-11-14(7-8-21-18)12-22-19(23)17-13-24-10-9-20-17;;/h3-8,11,17,20H,2,9-10,12-13H2,1H3,(H,22,23);2*1H. The number of aromatic nitrogens is 1. The van der Waals surface area contributed by atoms with Crippen LogP contribution in [0.1, 0.15) is 12.5 Å². The summed E-state index contributed by atoms with van der Waals surface area (Å²) in [7, 11) is 0. The van der Waals surface area contributed by atoms with E-state index < -0.39 is 0 Å². The Bertz CT molecular complexity index is 725. The number of benzene rings is 1. The number of hydrogen-bond acceptors (Lipinski definition) is 6. The molecule has 0 aliphatic carbocycles. The minimum absolute atomic E-state index is 0. The van der Waals surface area contributed by atoms with Gasteiger partial charge in [-0.2, -0.15) is 0 Å². The Kier molecular flexibility index (Phi) is 10.6. The van der Waals surface area contributed by atoms with Gasteiger partial charge in [-0.25, -0.2) is 4.98 Å². The van der Waals surface area contributed by atoms with Gasteiger partial charge in [-0.05, 0) is 42.8 Å². The van der Waals surface area contributed by atoms with Gasteiger partial charge in [-0.15, -0.1) is 24.8 Å². The number of nitrogens with one attached hydrogen (secondary N) is 2. The van der Waals surface area contributed by atoms with Gasteiger partial charge in [0.25, 0.3) is 0 Å². The number of carbonyl (C=O) groups excluding carboxylic acids is 1. The van der Waals surface area contributed by atoms with Crippen molar-refractivity contribution < 1.29 is 19.0 Å². The minimum atomic E-state index is -0.301. The summed E-state index contributed by atoms with van der Waals surface area (Å²) in [5, 5.41) is 6.03. The molecule has 1 amide bonds. The highest BCUT2D eigenvalue weighted by Gasteiger charge is 2.20. The van der Waals surface area contributed by atoms with Crippen LogP contribution >= 0.6 is 24.8 Å². The van der Waals surface area contributed by atoms with Crippen molar-refractivity contribution >= 4 is 30.7 Å². The fourth-order valence-electron chi connectivity index (χ4n) is 2.55. The molecular formula is C19H25Cl2N3O4. The lowest BCUT2D eigenvalue weighted by Crippen LogP contribution is -2.51.